The van der Waals surface area contributed by atoms with Crippen LogP contribution in [-0.4, -0.2) is 25.4 Å². The van der Waals surface area contributed by atoms with Gasteiger partial charge in [0.15, 0.2) is 0 Å². The van der Waals surface area contributed by atoms with E-state index in [4.69, 9.17) is 4.74 Å². The van der Waals surface area contributed by atoms with Crippen molar-refractivity contribution in [3.05, 3.63) is 29.8 Å². The second-order valence-corrected chi connectivity index (χ2v) is 4.24. The van der Waals surface area contributed by atoms with Crippen LogP contribution in [0.1, 0.15) is 18.4 Å². The standard InChI is InChI=1S/C12H14F3NO/c1-8(16-7-12(13,14)15)10-6-17-11-5-3-2-4-9(10)11/h2-5,8,10,16H,6-7H2,1H3/t8-,10+/m0/s1. The Bertz CT molecular complexity index is 392. The first kappa shape index (κ1) is 12.2. The van der Waals surface area contributed by atoms with Crippen LogP contribution in [0.25, 0.3) is 0 Å². The minimum absolute atomic E-state index is 0.0199. The fourth-order valence-electron chi connectivity index (χ4n) is 2.02. The molecule has 2 nitrogen and oxygen atoms in total. The van der Waals surface area contributed by atoms with E-state index >= 15 is 0 Å². The van der Waals surface area contributed by atoms with E-state index in [0.717, 1.165) is 11.3 Å². The SMILES string of the molecule is C[C@H](NCC(F)(F)F)[C@H]1COc2ccccc21. The molecule has 0 amide bonds. The fourth-order valence-corrected chi connectivity index (χ4v) is 2.02. The molecule has 2 atom stereocenters. The average Bonchev–Trinajstić information content (AvgIpc) is 2.68. The minimum atomic E-state index is -4.17. The third-order valence-electron chi connectivity index (χ3n) is 2.96. The van der Waals surface area contributed by atoms with Crippen LogP contribution < -0.4 is 10.1 Å². The molecule has 5 heteroatoms. The summed E-state index contributed by atoms with van der Waals surface area (Å²) in [4.78, 5) is 0. The van der Waals surface area contributed by atoms with Gasteiger partial charge in [-0.1, -0.05) is 18.2 Å². The molecule has 1 heterocycles. The van der Waals surface area contributed by atoms with Crippen LogP contribution in [-0.2, 0) is 0 Å². The number of benzene rings is 1. The highest BCUT2D eigenvalue weighted by molar-refractivity contribution is 5.40. The zero-order valence-electron chi connectivity index (χ0n) is 9.42. The summed E-state index contributed by atoms with van der Waals surface area (Å²) in [5.74, 6) is 0.756. The largest absolute Gasteiger partial charge is 0.493 e. The van der Waals surface area contributed by atoms with Crippen LogP contribution in [0.2, 0.25) is 0 Å². The monoisotopic (exact) mass is 245 g/mol. The Kier molecular flexibility index (Phi) is 3.28. The highest BCUT2D eigenvalue weighted by atomic mass is 19.4. The summed E-state index contributed by atoms with van der Waals surface area (Å²) in [6.45, 7) is 1.22. The predicted molar refractivity (Wildman–Crippen MR) is 58.2 cm³/mol. The number of rotatable bonds is 3. The molecule has 1 aliphatic rings. The third-order valence-corrected chi connectivity index (χ3v) is 2.96. The van der Waals surface area contributed by atoms with E-state index in [1.54, 1.807) is 6.92 Å². The molecular weight excluding hydrogens is 231 g/mol. The van der Waals surface area contributed by atoms with E-state index in [9.17, 15) is 13.2 Å². The van der Waals surface area contributed by atoms with Crippen LogP contribution in [0.15, 0.2) is 24.3 Å². The molecule has 1 aromatic carbocycles. The van der Waals surface area contributed by atoms with Gasteiger partial charge in [0, 0.05) is 17.5 Å². The van der Waals surface area contributed by atoms with E-state index < -0.39 is 12.7 Å². The van der Waals surface area contributed by atoms with Gasteiger partial charge in [-0.2, -0.15) is 13.2 Å². The quantitative estimate of drug-likeness (QED) is 0.884. The smallest absolute Gasteiger partial charge is 0.401 e. The summed E-state index contributed by atoms with van der Waals surface area (Å²) in [6, 6.07) is 7.21. The molecule has 94 valence electrons. The maximum atomic E-state index is 12.1. The number of halogens is 3. The minimum Gasteiger partial charge on any atom is -0.493 e. The lowest BCUT2D eigenvalue weighted by atomic mass is 9.94. The number of alkyl halides is 3. The number of hydrogen-bond acceptors (Lipinski definition) is 2. The van der Waals surface area contributed by atoms with E-state index in [0.29, 0.717) is 6.61 Å². The lowest BCUT2D eigenvalue weighted by Gasteiger charge is -2.20. The van der Waals surface area contributed by atoms with Crippen molar-refractivity contribution in [2.24, 2.45) is 0 Å². The van der Waals surface area contributed by atoms with Gasteiger partial charge in [-0.15, -0.1) is 0 Å². The van der Waals surface area contributed by atoms with Crippen LogP contribution in [0.5, 0.6) is 5.75 Å². The molecule has 0 bridgehead atoms. The zero-order valence-corrected chi connectivity index (χ0v) is 9.42. The van der Waals surface area contributed by atoms with Crippen molar-refractivity contribution >= 4 is 0 Å². The third kappa shape index (κ3) is 2.91. The first-order valence-electron chi connectivity index (χ1n) is 5.49. The lowest BCUT2D eigenvalue weighted by Crippen LogP contribution is -2.39. The molecule has 0 unspecified atom stereocenters. The van der Waals surface area contributed by atoms with Crippen molar-refractivity contribution < 1.29 is 17.9 Å². The Balaban J connectivity index is 2.00. The predicted octanol–water partition coefficient (Wildman–Crippen LogP) is 2.70. The van der Waals surface area contributed by atoms with Crippen molar-refractivity contribution in [2.75, 3.05) is 13.2 Å². The Morgan fingerprint density at radius 3 is 2.82 bits per heavy atom. The Hall–Kier alpha value is -1.23. The van der Waals surface area contributed by atoms with Crippen LogP contribution in [0.4, 0.5) is 13.2 Å². The van der Waals surface area contributed by atoms with Crippen molar-refractivity contribution in [1.29, 1.82) is 0 Å². The number of ether oxygens (including phenoxy) is 1. The molecule has 0 fully saturated rings. The van der Waals surface area contributed by atoms with Crippen molar-refractivity contribution in [1.82, 2.24) is 5.32 Å². The highest BCUT2D eigenvalue weighted by Gasteiger charge is 2.32. The Morgan fingerprint density at radius 2 is 2.12 bits per heavy atom. The van der Waals surface area contributed by atoms with Gasteiger partial charge in [0.25, 0.3) is 0 Å². The van der Waals surface area contributed by atoms with E-state index in [2.05, 4.69) is 5.32 Å². The van der Waals surface area contributed by atoms with E-state index in [1.165, 1.54) is 0 Å². The van der Waals surface area contributed by atoms with Gasteiger partial charge in [0.05, 0.1) is 13.2 Å². The Labute approximate surface area is 97.8 Å². The van der Waals surface area contributed by atoms with Gasteiger partial charge in [0.1, 0.15) is 5.75 Å². The van der Waals surface area contributed by atoms with Gasteiger partial charge >= 0.3 is 6.18 Å². The Morgan fingerprint density at radius 1 is 1.41 bits per heavy atom. The van der Waals surface area contributed by atoms with Crippen molar-refractivity contribution in [3.8, 4) is 5.75 Å². The first-order valence-corrected chi connectivity index (χ1v) is 5.49. The molecular formula is C12H14F3NO. The van der Waals surface area contributed by atoms with Crippen LogP contribution in [0, 0.1) is 0 Å². The topological polar surface area (TPSA) is 21.3 Å². The van der Waals surface area contributed by atoms with Gasteiger partial charge in [-0.3, -0.25) is 0 Å². The molecule has 1 N–H and O–H groups in total. The summed E-state index contributed by atoms with van der Waals surface area (Å²) in [5, 5.41) is 2.50. The van der Waals surface area contributed by atoms with Gasteiger partial charge in [-0.25, -0.2) is 0 Å². The maximum Gasteiger partial charge on any atom is 0.401 e. The molecule has 2 rings (SSSR count). The molecule has 0 saturated carbocycles. The normalized spacial score (nSPS) is 20.8. The van der Waals surface area contributed by atoms with Crippen LogP contribution >= 0.6 is 0 Å². The molecule has 0 aliphatic carbocycles. The summed E-state index contributed by atoms with van der Waals surface area (Å²) in [6.07, 6.45) is -4.17. The van der Waals surface area contributed by atoms with E-state index in [1.807, 2.05) is 24.3 Å². The van der Waals surface area contributed by atoms with Crippen molar-refractivity contribution in [3.63, 3.8) is 0 Å². The first-order chi connectivity index (χ1) is 7.97. The highest BCUT2D eigenvalue weighted by Crippen LogP contribution is 2.35. The fraction of sp³-hybridized carbons (Fsp3) is 0.500. The van der Waals surface area contributed by atoms with Crippen LogP contribution in [0.3, 0.4) is 0 Å². The number of para-hydroxylation sites is 1. The van der Waals surface area contributed by atoms with Gasteiger partial charge in [-0.05, 0) is 13.0 Å². The number of nitrogens with one attached hydrogen (secondary N) is 1. The number of fused-ring (bicyclic) bond motifs is 1. The van der Waals surface area contributed by atoms with Gasteiger partial charge < -0.3 is 10.1 Å². The lowest BCUT2D eigenvalue weighted by molar-refractivity contribution is -0.126. The average molecular weight is 245 g/mol. The second-order valence-electron chi connectivity index (χ2n) is 4.24. The van der Waals surface area contributed by atoms with Crippen molar-refractivity contribution in [2.45, 2.75) is 25.1 Å². The summed E-state index contributed by atoms with van der Waals surface area (Å²) in [5.41, 5.74) is 0.981. The molecule has 1 aliphatic heterocycles. The summed E-state index contributed by atoms with van der Waals surface area (Å²) in [7, 11) is 0. The molecule has 0 radical (unpaired) electrons. The number of hydrogen-bond donors (Lipinski definition) is 1. The molecule has 17 heavy (non-hydrogen) atoms. The molecule has 0 spiro atoms. The van der Waals surface area contributed by atoms with E-state index in [-0.39, 0.29) is 12.0 Å². The zero-order chi connectivity index (χ0) is 12.5. The second kappa shape index (κ2) is 4.56. The molecule has 1 aromatic rings. The maximum absolute atomic E-state index is 12.1. The molecule has 0 aromatic heterocycles. The molecule has 0 saturated heterocycles. The summed E-state index contributed by atoms with van der Waals surface area (Å²) < 4.78 is 41.8. The summed E-state index contributed by atoms with van der Waals surface area (Å²) >= 11 is 0. The van der Waals surface area contributed by atoms with Gasteiger partial charge in [0.2, 0.25) is 0 Å².